The molecule has 0 aromatic carbocycles. The highest BCUT2D eigenvalue weighted by Crippen LogP contribution is 2.35. The quantitative estimate of drug-likeness (QED) is 0.836. The molecule has 0 bridgehead atoms. The van der Waals surface area contributed by atoms with Gasteiger partial charge in [0.2, 0.25) is 0 Å². The van der Waals surface area contributed by atoms with Crippen molar-refractivity contribution in [3.63, 3.8) is 0 Å². The van der Waals surface area contributed by atoms with Gasteiger partial charge in [-0.1, -0.05) is 25.4 Å². The third-order valence-corrected chi connectivity index (χ3v) is 6.23. The third-order valence-electron chi connectivity index (χ3n) is 2.61. The SMILES string of the molecule is CC(C)CN(C1CC1)S(=O)(=O)c1ccc(Cl)s1. The van der Waals surface area contributed by atoms with Crippen LogP contribution in [0.25, 0.3) is 0 Å². The molecule has 0 spiro atoms. The molecular weight excluding hydrogens is 278 g/mol. The van der Waals surface area contributed by atoms with Crippen LogP contribution in [0, 0.1) is 5.92 Å². The van der Waals surface area contributed by atoms with E-state index in [1.807, 2.05) is 13.8 Å². The average Bonchev–Trinajstić information content (AvgIpc) is 2.96. The molecule has 1 aromatic heterocycles. The average molecular weight is 294 g/mol. The lowest BCUT2D eigenvalue weighted by Crippen LogP contribution is -2.35. The van der Waals surface area contributed by atoms with Gasteiger partial charge in [0.25, 0.3) is 10.0 Å². The van der Waals surface area contributed by atoms with Gasteiger partial charge in [-0.25, -0.2) is 8.42 Å². The summed E-state index contributed by atoms with van der Waals surface area (Å²) in [7, 11) is -3.34. The summed E-state index contributed by atoms with van der Waals surface area (Å²) in [5.41, 5.74) is 0. The minimum Gasteiger partial charge on any atom is -0.206 e. The van der Waals surface area contributed by atoms with Crippen LogP contribution >= 0.6 is 22.9 Å². The van der Waals surface area contributed by atoms with Crippen molar-refractivity contribution in [3.05, 3.63) is 16.5 Å². The number of nitrogens with zero attached hydrogens (tertiary/aromatic N) is 1. The first-order valence-corrected chi connectivity index (χ1v) is 8.32. The molecule has 1 aliphatic rings. The largest absolute Gasteiger partial charge is 0.252 e. The lowest BCUT2D eigenvalue weighted by molar-refractivity contribution is 0.361. The van der Waals surface area contributed by atoms with Gasteiger partial charge in [-0.05, 0) is 30.9 Å². The van der Waals surface area contributed by atoms with Gasteiger partial charge in [-0.2, -0.15) is 4.31 Å². The predicted molar refractivity (Wildman–Crippen MR) is 71.1 cm³/mol. The van der Waals surface area contributed by atoms with Gasteiger partial charge in [0.1, 0.15) is 4.21 Å². The highest BCUT2D eigenvalue weighted by molar-refractivity contribution is 7.91. The van der Waals surface area contributed by atoms with Crippen molar-refractivity contribution in [2.75, 3.05) is 6.54 Å². The second-order valence-electron chi connectivity index (χ2n) is 4.76. The first kappa shape index (κ1) is 13.3. The minimum absolute atomic E-state index is 0.197. The Bertz CT molecular complexity index is 491. The van der Waals surface area contributed by atoms with E-state index in [9.17, 15) is 8.42 Å². The Morgan fingerprint density at radius 2 is 2.12 bits per heavy atom. The van der Waals surface area contributed by atoms with Crippen LogP contribution in [0.15, 0.2) is 16.3 Å². The summed E-state index contributed by atoms with van der Waals surface area (Å²) in [6, 6.07) is 3.43. The molecule has 1 heterocycles. The van der Waals surface area contributed by atoms with E-state index in [1.54, 1.807) is 16.4 Å². The van der Waals surface area contributed by atoms with E-state index in [1.165, 1.54) is 0 Å². The van der Waals surface area contributed by atoms with Crippen LogP contribution in [-0.4, -0.2) is 25.3 Å². The van der Waals surface area contributed by atoms with Crippen molar-refractivity contribution in [3.8, 4) is 0 Å². The molecule has 0 saturated heterocycles. The molecule has 0 atom stereocenters. The van der Waals surface area contributed by atoms with Gasteiger partial charge in [0, 0.05) is 12.6 Å². The molecular formula is C11H16ClNO2S2. The second-order valence-corrected chi connectivity index (χ2v) is 8.59. The summed E-state index contributed by atoms with van der Waals surface area (Å²) in [6.45, 7) is 4.65. The number of sulfonamides is 1. The number of halogens is 1. The molecule has 1 saturated carbocycles. The molecule has 6 heteroatoms. The summed E-state index contributed by atoms with van der Waals surface area (Å²) in [5.74, 6) is 0.334. The molecule has 96 valence electrons. The summed E-state index contributed by atoms with van der Waals surface area (Å²) in [6.07, 6.45) is 1.95. The highest BCUT2D eigenvalue weighted by Gasteiger charge is 2.38. The Balaban J connectivity index is 2.28. The summed E-state index contributed by atoms with van der Waals surface area (Å²) in [5, 5.41) is 0. The standard InChI is InChI=1S/C11H16ClNO2S2/c1-8(2)7-13(9-3-4-9)17(14,15)11-6-5-10(12)16-11/h5-6,8-9H,3-4,7H2,1-2H3. The highest BCUT2D eigenvalue weighted by atomic mass is 35.5. The van der Waals surface area contributed by atoms with Gasteiger partial charge in [-0.15, -0.1) is 11.3 Å². The summed E-state index contributed by atoms with van der Waals surface area (Å²) in [4.78, 5) is 0. The van der Waals surface area contributed by atoms with E-state index in [4.69, 9.17) is 11.6 Å². The molecule has 0 N–H and O–H groups in total. The fourth-order valence-electron chi connectivity index (χ4n) is 1.72. The Kier molecular flexibility index (Phi) is 3.83. The molecule has 0 unspecified atom stereocenters. The van der Waals surface area contributed by atoms with Crippen LogP contribution in [0.2, 0.25) is 4.34 Å². The maximum Gasteiger partial charge on any atom is 0.252 e. The molecule has 3 nitrogen and oxygen atoms in total. The zero-order chi connectivity index (χ0) is 12.6. The second kappa shape index (κ2) is 4.88. The van der Waals surface area contributed by atoms with Gasteiger partial charge in [-0.3, -0.25) is 0 Å². The number of thiophene rings is 1. The molecule has 17 heavy (non-hydrogen) atoms. The van der Waals surface area contributed by atoms with Gasteiger partial charge in [0.15, 0.2) is 0 Å². The molecule has 0 amide bonds. The lowest BCUT2D eigenvalue weighted by atomic mass is 10.2. The van der Waals surface area contributed by atoms with Crippen LogP contribution in [0.3, 0.4) is 0 Å². The Hall–Kier alpha value is -0.100. The van der Waals surface area contributed by atoms with Gasteiger partial charge in [0.05, 0.1) is 4.34 Å². The lowest BCUT2D eigenvalue weighted by Gasteiger charge is -2.22. The van der Waals surface area contributed by atoms with Crippen molar-refractivity contribution in [2.45, 2.75) is 36.9 Å². The van der Waals surface area contributed by atoms with Gasteiger partial charge >= 0.3 is 0 Å². The normalized spacial score (nSPS) is 17.0. The fourth-order valence-corrected chi connectivity index (χ4v) is 5.18. The Morgan fingerprint density at radius 1 is 1.47 bits per heavy atom. The third kappa shape index (κ3) is 3.02. The predicted octanol–water partition coefficient (Wildman–Crippen LogP) is 3.21. The van der Waals surface area contributed by atoms with Crippen LogP contribution in [0.5, 0.6) is 0 Å². The van der Waals surface area contributed by atoms with Crippen molar-refractivity contribution in [1.29, 1.82) is 0 Å². The van der Waals surface area contributed by atoms with Gasteiger partial charge < -0.3 is 0 Å². The minimum atomic E-state index is -3.34. The van der Waals surface area contributed by atoms with Crippen molar-refractivity contribution in [1.82, 2.24) is 4.31 Å². The van der Waals surface area contributed by atoms with E-state index >= 15 is 0 Å². The molecule has 1 aromatic rings. The molecule has 2 rings (SSSR count). The van der Waals surface area contributed by atoms with Crippen molar-refractivity contribution in [2.24, 2.45) is 5.92 Å². The summed E-state index contributed by atoms with van der Waals surface area (Å²) < 4.78 is 27.4. The number of rotatable bonds is 5. The molecule has 1 fully saturated rings. The van der Waals surface area contributed by atoms with Crippen LogP contribution in [0.4, 0.5) is 0 Å². The molecule has 0 aliphatic heterocycles. The van der Waals surface area contributed by atoms with E-state index in [0.29, 0.717) is 21.0 Å². The first-order valence-electron chi connectivity index (χ1n) is 5.68. The number of hydrogen-bond donors (Lipinski definition) is 0. The van der Waals surface area contributed by atoms with E-state index in [-0.39, 0.29) is 6.04 Å². The van der Waals surface area contributed by atoms with Crippen molar-refractivity contribution >= 4 is 33.0 Å². The van der Waals surface area contributed by atoms with E-state index in [2.05, 4.69) is 0 Å². The smallest absolute Gasteiger partial charge is 0.206 e. The van der Waals surface area contributed by atoms with E-state index < -0.39 is 10.0 Å². The fraction of sp³-hybridized carbons (Fsp3) is 0.636. The van der Waals surface area contributed by atoms with Crippen LogP contribution in [-0.2, 0) is 10.0 Å². The maximum atomic E-state index is 12.4. The zero-order valence-corrected chi connectivity index (χ0v) is 12.3. The summed E-state index contributed by atoms with van der Waals surface area (Å²) >= 11 is 6.94. The number of hydrogen-bond acceptors (Lipinski definition) is 3. The van der Waals surface area contributed by atoms with Crippen molar-refractivity contribution < 1.29 is 8.42 Å². The molecule has 0 radical (unpaired) electrons. The van der Waals surface area contributed by atoms with E-state index in [0.717, 1.165) is 24.2 Å². The topological polar surface area (TPSA) is 37.4 Å². The monoisotopic (exact) mass is 293 g/mol. The molecule has 1 aliphatic carbocycles. The maximum absolute atomic E-state index is 12.4. The zero-order valence-electron chi connectivity index (χ0n) is 9.89. The van der Waals surface area contributed by atoms with Crippen LogP contribution in [0.1, 0.15) is 26.7 Å². The Labute approximate surface area is 111 Å². The van der Waals surface area contributed by atoms with Crippen LogP contribution < -0.4 is 0 Å². The first-order chi connectivity index (χ1) is 7.91. The Morgan fingerprint density at radius 3 is 2.53 bits per heavy atom.